The van der Waals surface area contributed by atoms with Crippen molar-refractivity contribution in [1.82, 2.24) is 14.9 Å². The Kier molecular flexibility index (Phi) is 5.81. The Balaban J connectivity index is 1.56. The number of halogens is 1. The zero-order valence-electron chi connectivity index (χ0n) is 14.1. The van der Waals surface area contributed by atoms with Crippen LogP contribution in [0.3, 0.4) is 0 Å². The molecular formula is C20H18ClN3O2. The lowest BCUT2D eigenvalue weighted by Gasteiger charge is -2.09. The first kappa shape index (κ1) is 17.9. The van der Waals surface area contributed by atoms with Crippen LogP contribution in [0.1, 0.15) is 5.56 Å². The molecule has 3 rings (SSSR count). The summed E-state index contributed by atoms with van der Waals surface area (Å²) in [6.07, 6.45) is 1.71. The van der Waals surface area contributed by atoms with E-state index in [2.05, 4.69) is 10.3 Å². The molecule has 0 fully saturated rings. The fourth-order valence-corrected chi connectivity index (χ4v) is 2.76. The number of nitrogens with zero attached hydrogens (tertiary/aromatic N) is 2. The van der Waals surface area contributed by atoms with Gasteiger partial charge in [-0.3, -0.25) is 14.2 Å². The summed E-state index contributed by atoms with van der Waals surface area (Å²) < 4.78 is 1.47. The standard InChI is InChI=1S/C20H18ClN3O2/c21-17-9-5-4-8-16(17)12-19(25)22-10-11-24-14-23-18(13-20(24)26)15-6-2-1-3-7-15/h1-9,13-14H,10-12H2,(H,22,25). The van der Waals surface area contributed by atoms with E-state index in [9.17, 15) is 9.59 Å². The predicted octanol–water partition coefficient (Wildman–Crippen LogP) is 2.92. The Morgan fingerprint density at radius 1 is 1.08 bits per heavy atom. The van der Waals surface area contributed by atoms with Gasteiger partial charge in [-0.2, -0.15) is 0 Å². The molecule has 1 heterocycles. The zero-order valence-corrected chi connectivity index (χ0v) is 14.8. The molecule has 1 N–H and O–H groups in total. The summed E-state index contributed by atoms with van der Waals surface area (Å²) in [5, 5.41) is 3.36. The number of nitrogens with one attached hydrogen (secondary N) is 1. The van der Waals surface area contributed by atoms with Crippen molar-refractivity contribution in [3.63, 3.8) is 0 Å². The molecule has 0 spiro atoms. The molecule has 5 nitrogen and oxygen atoms in total. The van der Waals surface area contributed by atoms with Gasteiger partial charge in [0.05, 0.1) is 18.4 Å². The highest BCUT2D eigenvalue weighted by Crippen LogP contribution is 2.15. The van der Waals surface area contributed by atoms with Crippen molar-refractivity contribution >= 4 is 17.5 Å². The molecule has 0 atom stereocenters. The maximum Gasteiger partial charge on any atom is 0.253 e. The van der Waals surface area contributed by atoms with Crippen LogP contribution in [0.4, 0.5) is 0 Å². The summed E-state index contributed by atoms with van der Waals surface area (Å²) in [5.74, 6) is -0.139. The minimum atomic E-state index is -0.154. The second-order valence-electron chi connectivity index (χ2n) is 5.79. The molecule has 0 unspecified atom stereocenters. The minimum Gasteiger partial charge on any atom is -0.354 e. The molecule has 132 valence electrons. The Bertz CT molecular complexity index is 955. The van der Waals surface area contributed by atoms with Crippen molar-refractivity contribution in [3.8, 4) is 11.3 Å². The van der Waals surface area contributed by atoms with Crippen LogP contribution in [0.25, 0.3) is 11.3 Å². The average Bonchev–Trinajstić information content (AvgIpc) is 2.65. The molecule has 0 bridgehead atoms. The third-order valence-electron chi connectivity index (χ3n) is 3.93. The number of carbonyl (C=O) groups is 1. The van der Waals surface area contributed by atoms with Gasteiger partial charge in [-0.05, 0) is 11.6 Å². The fourth-order valence-electron chi connectivity index (χ4n) is 2.55. The molecule has 0 saturated carbocycles. The Morgan fingerprint density at radius 2 is 1.81 bits per heavy atom. The van der Waals surface area contributed by atoms with E-state index in [-0.39, 0.29) is 17.9 Å². The van der Waals surface area contributed by atoms with Crippen LogP contribution in [0, 0.1) is 0 Å². The van der Waals surface area contributed by atoms with E-state index in [1.54, 1.807) is 6.07 Å². The molecule has 2 aromatic carbocycles. The number of rotatable bonds is 6. The molecule has 0 aliphatic heterocycles. The van der Waals surface area contributed by atoms with Crippen LogP contribution in [0.15, 0.2) is 71.8 Å². The first-order chi connectivity index (χ1) is 12.6. The lowest BCUT2D eigenvalue weighted by atomic mass is 10.1. The van der Waals surface area contributed by atoms with Crippen molar-refractivity contribution < 1.29 is 4.79 Å². The normalized spacial score (nSPS) is 10.5. The Morgan fingerprint density at radius 3 is 2.54 bits per heavy atom. The number of benzene rings is 2. The lowest BCUT2D eigenvalue weighted by Crippen LogP contribution is -2.31. The Labute approximate surface area is 156 Å². The van der Waals surface area contributed by atoms with Gasteiger partial charge >= 0.3 is 0 Å². The van der Waals surface area contributed by atoms with Gasteiger partial charge in [0.2, 0.25) is 5.91 Å². The van der Waals surface area contributed by atoms with Crippen LogP contribution in [0.2, 0.25) is 5.02 Å². The molecule has 1 aromatic heterocycles. The molecule has 3 aromatic rings. The van der Waals surface area contributed by atoms with Crippen LogP contribution >= 0.6 is 11.6 Å². The topological polar surface area (TPSA) is 64.0 Å². The molecule has 26 heavy (non-hydrogen) atoms. The minimum absolute atomic E-state index is 0.139. The molecule has 6 heteroatoms. The largest absolute Gasteiger partial charge is 0.354 e. The van der Waals surface area contributed by atoms with E-state index >= 15 is 0 Å². The first-order valence-electron chi connectivity index (χ1n) is 8.25. The summed E-state index contributed by atoms with van der Waals surface area (Å²) in [6.45, 7) is 0.699. The number of aromatic nitrogens is 2. The summed E-state index contributed by atoms with van der Waals surface area (Å²) in [7, 11) is 0. The summed E-state index contributed by atoms with van der Waals surface area (Å²) in [5.41, 5.74) is 2.15. The van der Waals surface area contributed by atoms with Crippen LogP contribution in [-0.2, 0) is 17.8 Å². The number of hydrogen-bond acceptors (Lipinski definition) is 3. The summed E-state index contributed by atoms with van der Waals surface area (Å²) >= 11 is 6.05. The van der Waals surface area contributed by atoms with Gasteiger partial charge < -0.3 is 5.32 Å². The van der Waals surface area contributed by atoms with Crippen molar-refractivity contribution in [2.75, 3.05) is 6.54 Å². The first-order valence-corrected chi connectivity index (χ1v) is 8.63. The zero-order chi connectivity index (χ0) is 18.4. The maximum atomic E-state index is 12.2. The van der Waals surface area contributed by atoms with Crippen LogP contribution in [-0.4, -0.2) is 22.0 Å². The van der Waals surface area contributed by atoms with E-state index in [1.807, 2.05) is 48.5 Å². The molecule has 0 aliphatic carbocycles. The van der Waals surface area contributed by atoms with Gasteiger partial charge in [0, 0.05) is 29.7 Å². The highest BCUT2D eigenvalue weighted by molar-refractivity contribution is 6.31. The average molecular weight is 368 g/mol. The van der Waals surface area contributed by atoms with Crippen molar-refractivity contribution in [1.29, 1.82) is 0 Å². The quantitative estimate of drug-likeness (QED) is 0.728. The highest BCUT2D eigenvalue weighted by Gasteiger charge is 2.07. The summed E-state index contributed by atoms with van der Waals surface area (Å²) in [6, 6.07) is 18.3. The van der Waals surface area contributed by atoms with Crippen molar-refractivity contribution in [3.05, 3.63) is 87.9 Å². The van der Waals surface area contributed by atoms with E-state index in [0.717, 1.165) is 11.1 Å². The van der Waals surface area contributed by atoms with E-state index in [1.165, 1.54) is 17.0 Å². The second kappa shape index (κ2) is 8.45. The smallest absolute Gasteiger partial charge is 0.253 e. The Hall–Kier alpha value is -2.92. The van der Waals surface area contributed by atoms with Crippen LogP contribution < -0.4 is 10.9 Å². The van der Waals surface area contributed by atoms with E-state index in [4.69, 9.17) is 11.6 Å². The molecule has 0 aliphatic rings. The highest BCUT2D eigenvalue weighted by atomic mass is 35.5. The molecule has 1 amide bonds. The molecular weight excluding hydrogens is 350 g/mol. The van der Waals surface area contributed by atoms with Gasteiger partial charge in [0.1, 0.15) is 0 Å². The van der Waals surface area contributed by atoms with E-state index < -0.39 is 0 Å². The summed E-state index contributed by atoms with van der Waals surface area (Å²) in [4.78, 5) is 28.5. The number of hydrogen-bond donors (Lipinski definition) is 1. The SMILES string of the molecule is O=C(Cc1ccccc1Cl)NCCn1cnc(-c2ccccc2)cc1=O. The number of carbonyl (C=O) groups excluding carboxylic acids is 1. The fraction of sp³-hybridized carbons (Fsp3) is 0.150. The third-order valence-corrected chi connectivity index (χ3v) is 4.30. The predicted molar refractivity (Wildman–Crippen MR) is 102 cm³/mol. The van der Waals surface area contributed by atoms with E-state index in [0.29, 0.717) is 23.8 Å². The number of amides is 1. The van der Waals surface area contributed by atoms with Gasteiger partial charge in [-0.1, -0.05) is 60.1 Å². The molecule has 0 saturated heterocycles. The van der Waals surface area contributed by atoms with Gasteiger partial charge in [-0.25, -0.2) is 4.98 Å². The van der Waals surface area contributed by atoms with Gasteiger partial charge in [0.25, 0.3) is 5.56 Å². The maximum absolute atomic E-state index is 12.2. The van der Waals surface area contributed by atoms with Crippen molar-refractivity contribution in [2.45, 2.75) is 13.0 Å². The third kappa shape index (κ3) is 4.58. The monoisotopic (exact) mass is 367 g/mol. The lowest BCUT2D eigenvalue weighted by molar-refractivity contribution is -0.120. The molecule has 0 radical (unpaired) electrons. The van der Waals surface area contributed by atoms with Crippen molar-refractivity contribution in [2.24, 2.45) is 0 Å². The van der Waals surface area contributed by atoms with Crippen LogP contribution in [0.5, 0.6) is 0 Å². The van der Waals surface area contributed by atoms with Gasteiger partial charge in [0.15, 0.2) is 0 Å². The second-order valence-corrected chi connectivity index (χ2v) is 6.20. The van der Waals surface area contributed by atoms with Gasteiger partial charge in [-0.15, -0.1) is 0 Å².